The predicted molar refractivity (Wildman–Crippen MR) is 221 cm³/mol. The van der Waals surface area contributed by atoms with Crippen LogP contribution in [0.1, 0.15) is 23.9 Å². The Labute approximate surface area is 443 Å². The van der Waals surface area contributed by atoms with Crippen LogP contribution in [0.5, 0.6) is 0 Å². The quantitative estimate of drug-likeness (QED) is 0.0696. The number of alkyl halides is 1. The van der Waals surface area contributed by atoms with Crippen molar-refractivity contribution in [3.05, 3.63) is 138 Å². The van der Waals surface area contributed by atoms with E-state index in [4.69, 9.17) is 50.1 Å². The summed E-state index contributed by atoms with van der Waals surface area (Å²) in [5, 5.41) is 31.6. The second-order valence-corrected chi connectivity index (χ2v) is 14.3. The number of carbonyl (C=O) groups excluding carboxylic acids is 1. The molecule has 8 rings (SSSR count). The van der Waals surface area contributed by atoms with E-state index in [1.54, 1.807) is 24.8 Å². The molecule has 0 atom stereocenters. The molecule has 0 aliphatic carbocycles. The topological polar surface area (TPSA) is 169 Å². The maximum Gasteiger partial charge on any atom is 1.00 e. The second kappa shape index (κ2) is 23.9. The van der Waals surface area contributed by atoms with Crippen LogP contribution < -0.4 is 108 Å². The molecule has 0 fully saturated rings. The Bertz CT molecular complexity index is 2680. The van der Waals surface area contributed by atoms with E-state index in [9.17, 15) is 5.26 Å². The molecule has 1 N–H and O–H groups in total. The van der Waals surface area contributed by atoms with Crippen LogP contribution in [0.3, 0.4) is 0 Å². The summed E-state index contributed by atoms with van der Waals surface area (Å²) in [4.78, 5) is 30.9. The molecule has 8 aromatic rings. The summed E-state index contributed by atoms with van der Waals surface area (Å²) in [7, 11) is 0. The Kier molecular flexibility index (Phi) is 20.9. The first-order valence-corrected chi connectivity index (χ1v) is 18.6. The van der Waals surface area contributed by atoms with Crippen LogP contribution in [0.2, 0.25) is 10.0 Å². The van der Waals surface area contributed by atoms with E-state index < -0.39 is 0 Å². The molecule has 0 bridgehead atoms. The van der Waals surface area contributed by atoms with Crippen LogP contribution in [-0.2, 0) is 22.1 Å². The first-order valence-electron chi connectivity index (χ1n) is 15.1. The molecule has 0 aliphatic rings. The summed E-state index contributed by atoms with van der Waals surface area (Å²) in [5.41, 5.74) is 7.02. The van der Waals surface area contributed by atoms with Gasteiger partial charge in [-0.25, -0.2) is 9.97 Å². The van der Waals surface area contributed by atoms with Crippen LogP contribution in [0, 0.1) is 29.8 Å². The average Bonchev–Trinajstić information content (AvgIpc) is 3.73. The molecule has 18 heteroatoms. The summed E-state index contributed by atoms with van der Waals surface area (Å²) in [5.74, 6) is 0.516. The van der Waals surface area contributed by atoms with Gasteiger partial charge in [0.05, 0.1) is 32.1 Å². The molecule has 55 heavy (non-hydrogen) atoms. The zero-order valence-corrected chi connectivity index (χ0v) is 41.8. The maximum absolute atomic E-state index is 9.26. The normalized spacial score (nSPS) is 9.89. The van der Waals surface area contributed by atoms with Gasteiger partial charge >= 0.3 is 103 Å². The van der Waals surface area contributed by atoms with Crippen molar-refractivity contribution in [2.24, 2.45) is 0 Å². The van der Waals surface area contributed by atoms with E-state index in [0.29, 0.717) is 33.9 Å². The van der Waals surface area contributed by atoms with Gasteiger partial charge in [0.25, 0.3) is 6.47 Å². The molecular formula is C37H23Cl3I2K2N8O3. The van der Waals surface area contributed by atoms with E-state index >= 15 is 0 Å². The molecular weight excluding hydrogens is 1040 g/mol. The van der Waals surface area contributed by atoms with E-state index in [2.05, 4.69) is 104 Å². The molecule has 0 aliphatic heterocycles. The van der Waals surface area contributed by atoms with E-state index in [-0.39, 0.29) is 111 Å². The largest absolute Gasteiger partial charge is 1.00 e. The maximum atomic E-state index is 9.26. The number of carbonyl (C=O) groups is 1. The number of rotatable bonds is 4. The van der Waals surface area contributed by atoms with Crippen molar-refractivity contribution in [1.82, 2.24) is 29.5 Å². The number of H-pyrrole nitrogens is 1. The van der Waals surface area contributed by atoms with Crippen LogP contribution in [0.15, 0.2) is 97.8 Å². The summed E-state index contributed by atoms with van der Waals surface area (Å²) < 4.78 is 4.20. The number of hydrogen-bond donors (Lipinski definition) is 1. The van der Waals surface area contributed by atoms with Gasteiger partial charge in [0.1, 0.15) is 12.1 Å². The van der Waals surface area contributed by atoms with Crippen molar-refractivity contribution in [2.75, 3.05) is 0 Å². The minimum Gasteiger partial charge on any atom is -1.00 e. The van der Waals surface area contributed by atoms with Crippen LogP contribution >= 0.6 is 80.0 Å². The monoisotopic (exact) mass is 1060 g/mol. The van der Waals surface area contributed by atoms with Crippen molar-refractivity contribution < 1.29 is 119 Å². The molecule has 0 spiro atoms. The Balaban J connectivity index is 0.000000289. The van der Waals surface area contributed by atoms with E-state index in [1.165, 1.54) is 0 Å². The van der Waals surface area contributed by atoms with Gasteiger partial charge < -0.3 is 21.1 Å². The molecule has 6 aromatic heterocycles. The fraction of sp³-hybridized carbons (Fsp3) is 0.0541. The van der Waals surface area contributed by atoms with E-state index in [1.807, 2.05) is 60.9 Å². The number of pyridine rings is 4. The smallest absolute Gasteiger partial charge is 1.00 e. The second-order valence-electron chi connectivity index (χ2n) is 10.8. The first-order chi connectivity index (χ1) is 25.7. The van der Waals surface area contributed by atoms with Crippen LogP contribution in [0.4, 0.5) is 0 Å². The molecule has 6 heterocycles. The van der Waals surface area contributed by atoms with Gasteiger partial charge in [0, 0.05) is 78.3 Å². The Morgan fingerprint density at radius 2 is 1.36 bits per heavy atom. The molecule has 0 saturated carbocycles. The minimum atomic E-state index is -0.181. The van der Waals surface area contributed by atoms with Gasteiger partial charge in [-0.15, -0.1) is 11.6 Å². The molecule has 266 valence electrons. The number of halogens is 5. The third kappa shape index (κ3) is 12.8. The average molecular weight is 1070 g/mol. The van der Waals surface area contributed by atoms with Gasteiger partial charge in [-0.2, -0.15) is 10.5 Å². The molecule has 0 radical (unpaired) electrons. The fourth-order valence-electron chi connectivity index (χ4n) is 5.22. The van der Waals surface area contributed by atoms with Crippen LogP contribution in [0.25, 0.3) is 43.6 Å². The van der Waals surface area contributed by atoms with Crippen molar-refractivity contribution in [3.8, 4) is 12.1 Å². The van der Waals surface area contributed by atoms with Gasteiger partial charge in [0.15, 0.2) is 11.4 Å². The minimum absolute atomic E-state index is 0. The zero-order chi connectivity index (χ0) is 37.9. The Morgan fingerprint density at radius 1 is 0.818 bits per heavy atom. The first kappa shape index (κ1) is 48.0. The van der Waals surface area contributed by atoms with Gasteiger partial charge in [-0.05, 0) is 105 Å². The Morgan fingerprint density at radius 3 is 1.93 bits per heavy atom. The molecule has 11 nitrogen and oxygen atoms in total. The summed E-state index contributed by atoms with van der Waals surface area (Å²) in [6, 6.07) is 23.9. The van der Waals surface area contributed by atoms with Crippen molar-refractivity contribution >= 4 is 130 Å². The standard InChI is InChI=1S/C18H10ClIN4.C10H7Cl2N.C8H4IN3.CH2O3.2K.H/c19-13-6-12-5-11(1-2-15(12)23-8-13)9-24-10-14(20)18-16(7-21)22-4-3-17(18)24;11-5-7-1-2-10-8(3-7)4-9(12)6-13-10;9-5-4-12-6-1-2-11-7(3-10)8(5)6;2-1-4-3;;;/h1-6,8,10H,9H2;1-4,6H,5H2;1-2,4,12H;1,3H;;;/q;;;;2*+1;-1/p-1. The fourth-order valence-corrected chi connectivity index (χ4v) is 7.29. The molecule has 0 unspecified atom stereocenters. The van der Waals surface area contributed by atoms with Crippen molar-refractivity contribution in [2.45, 2.75) is 12.4 Å². The summed E-state index contributed by atoms with van der Waals surface area (Å²) in [6.45, 7) is 0.525. The number of hydrogen-bond acceptors (Lipinski definition) is 9. The number of aromatic nitrogens is 6. The summed E-state index contributed by atoms with van der Waals surface area (Å²) in [6.07, 6.45) is 10.5. The van der Waals surface area contributed by atoms with Gasteiger partial charge in [0.2, 0.25) is 0 Å². The zero-order valence-electron chi connectivity index (χ0n) is 30.0. The van der Waals surface area contributed by atoms with Gasteiger partial charge in [-0.1, -0.05) is 35.3 Å². The number of fused-ring (bicyclic) bond motifs is 4. The molecule has 2 aromatic carbocycles. The van der Waals surface area contributed by atoms with Crippen LogP contribution in [-0.4, -0.2) is 36.0 Å². The number of nitrogens with zero attached hydrogens (tertiary/aromatic N) is 7. The summed E-state index contributed by atoms with van der Waals surface area (Å²) >= 11 is 22.0. The van der Waals surface area contributed by atoms with E-state index in [0.717, 1.165) is 61.9 Å². The number of nitrogens with one attached hydrogen (secondary N) is 1. The Hall–Kier alpha value is -1.35. The van der Waals surface area contributed by atoms with Crippen molar-refractivity contribution in [3.63, 3.8) is 0 Å². The number of benzene rings is 2. The number of nitriles is 2. The molecule has 0 amide bonds. The predicted octanol–water partition coefficient (Wildman–Crippen LogP) is 2.98. The SMILES string of the molecule is ClCc1ccc2ncc(Cl)cc2c1.N#Cc1nccc2[nH]cc(I)c12.N#Cc1nccc2c1c(I)cn2Cc1ccc2ncc(Cl)cc2c1.O=CO[O-].[H-].[K+].[K+]. The van der Waals surface area contributed by atoms with Crippen molar-refractivity contribution in [1.29, 1.82) is 10.5 Å². The third-order valence-corrected chi connectivity index (χ3v) is 9.86. The third-order valence-electron chi connectivity index (χ3n) is 7.47. The number of aromatic amines is 1. The molecule has 0 saturated heterocycles. The van der Waals surface area contributed by atoms with Gasteiger partial charge in [-0.3, -0.25) is 14.8 Å².